The Kier molecular flexibility index (Phi) is 10.2. The lowest BCUT2D eigenvalue weighted by molar-refractivity contribution is -0.126. The highest BCUT2D eigenvalue weighted by Crippen LogP contribution is 1.94. The molecule has 0 atom stereocenters. The van der Waals surface area contributed by atoms with Gasteiger partial charge in [-0.2, -0.15) is 10.2 Å². The van der Waals surface area contributed by atoms with Crippen LogP contribution in [0.2, 0.25) is 0 Å². The topological polar surface area (TPSA) is 82.9 Å². The Hall–Kier alpha value is -1.72. The van der Waals surface area contributed by atoms with Crippen LogP contribution in [0.1, 0.15) is 66.2 Å². The normalized spacial score (nSPS) is 9.60. The number of hydrogen-bond acceptors (Lipinski definition) is 4. The van der Waals surface area contributed by atoms with Crippen LogP contribution in [0.5, 0.6) is 0 Å². The molecule has 0 aromatic heterocycles. The second kappa shape index (κ2) is 11.1. The van der Waals surface area contributed by atoms with Crippen molar-refractivity contribution in [1.82, 2.24) is 10.9 Å². The van der Waals surface area contributed by atoms with Crippen molar-refractivity contribution in [2.75, 3.05) is 0 Å². The molecule has 0 radical (unpaired) electrons. The molecule has 0 bridgehead atoms. The Morgan fingerprint density at radius 1 is 0.700 bits per heavy atom. The van der Waals surface area contributed by atoms with Crippen LogP contribution >= 0.6 is 0 Å². The first-order valence-electron chi connectivity index (χ1n) is 7.25. The van der Waals surface area contributed by atoms with Gasteiger partial charge in [-0.25, -0.2) is 10.9 Å². The van der Waals surface area contributed by atoms with Crippen molar-refractivity contribution >= 4 is 23.2 Å². The minimum Gasteiger partial charge on any atom is -0.273 e. The Labute approximate surface area is 121 Å². The molecule has 6 nitrogen and oxygen atoms in total. The zero-order valence-electron chi connectivity index (χ0n) is 13.0. The number of rotatable bonds is 9. The highest BCUT2D eigenvalue weighted by Gasteiger charge is 2.06. The third-order valence-electron chi connectivity index (χ3n) is 2.89. The summed E-state index contributed by atoms with van der Waals surface area (Å²) >= 11 is 0. The van der Waals surface area contributed by atoms with E-state index >= 15 is 0 Å². The van der Waals surface area contributed by atoms with Gasteiger partial charge < -0.3 is 0 Å². The van der Waals surface area contributed by atoms with E-state index in [2.05, 4.69) is 21.1 Å². The molecule has 0 heterocycles. The summed E-state index contributed by atoms with van der Waals surface area (Å²) in [6.07, 6.45) is 3.45. The summed E-state index contributed by atoms with van der Waals surface area (Å²) < 4.78 is 0. The van der Waals surface area contributed by atoms with E-state index in [4.69, 9.17) is 0 Å². The third kappa shape index (κ3) is 8.39. The fraction of sp³-hybridized carbons (Fsp3) is 0.714. The number of amides is 2. The number of nitrogens with one attached hydrogen (secondary N) is 2. The van der Waals surface area contributed by atoms with Gasteiger partial charge in [0.2, 0.25) is 11.8 Å². The molecule has 2 N–H and O–H groups in total. The number of carbonyl (C=O) groups excluding carboxylic acids is 2. The SMILES string of the molecule is CCC(CC)=NNC(=O)CCC(=O)NN=C(CC)CC. The third-order valence-corrected chi connectivity index (χ3v) is 2.89. The molecule has 0 aromatic rings. The zero-order chi connectivity index (χ0) is 15.4. The Morgan fingerprint density at radius 3 is 1.25 bits per heavy atom. The Balaban J connectivity index is 4.04. The summed E-state index contributed by atoms with van der Waals surface area (Å²) in [5.41, 5.74) is 6.79. The molecule has 0 unspecified atom stereocenters. The summed E-state index contributed by atoms with van der Waals surface area (Å²) in [7, 11) is 0. The second-order valence-corrected chi connectivity index (χ2v) is 4.34. The van der Waals surface area contributed by atoms with E-state index < -0.39 is 0 Å². The van der Waals surface area contributed by atoms with Gasteiger partial charge >= 0.3 is 0 Å². The van der Waals surface area contributed by atoms with Crippen LogP contribution in [-0.2, 0) is 9.59 Å². The molecule has 0 fully saturated rings. The predicted molar refractivity (Wildman–Crippen MR) is 81.6 cm³/mol. The van der Waals surface area contributed by atoms with Crippen LogP contribution in [0, 0.1) is 0 Å². The molecule has 2 amide bonds. The molecule has 0 saturated carbocycles. The first kappa shape index (κ1) is 18.3. The lowest BCUT2D eigenvalue weighted by Gasteiger charge is -2.03. The van der Waals surface area contributed by atoms with Gasteiger partial charge in [0.05, 0.1) is 0 Å². The second-order valence-electron chi connectivity index (χ2n) is 4.34. The summed E-state index contributed by atoms with van der Waals surface area (Å²) in [5.74, 6) is -0.510. The van der Waals surface area contributed by atoms with E-state index in [1.54, 1.807) is 0 Å². The molecular weight excluding hydrogens is 256 g/mol. The maximum Gasteiger partial charge on any atom is 0.240 e. The van der Waals surface area contributed by atoms with Crippen molar-refractivity contribution in [2.45, 2.75) is 66.2 Å². The molecule has 0 aliphatic heterocycles. The molecule has 0 spiro atoms. The van der Waals surface area contributed by atoms with Crippen molar-refractivity contribution in [3.8, 4) is 0 Å². The van der Waals surface area contributed by atoms with Crippen LogP contribution in [0.15, 0.2) is 10.2 Å². The molecule has 114 valence electrons. The molecule has 0 rings (SSSR count). The summed E-state index contributed by atoms with van der Waals surface area (Å²) in [4.78, 5) is 23.0. The summed E-state index contributed by atoms with van der Waals surface area (Å²) in [6.45, 7) is 7.94. The van der Waals surface area contributed by atoms with Crippen molar-refractivity contribution < 1.29 is 9.59 Å². The highest BCUT2D eigenvalue weighted by molar-refractivity contribution is 5.88. The lowest BCUT2D eigenvalue weighted by Crippen LogP contribution is -2.24. The molecule has 0 aromatic carbocycles. The van der Waals surface area contributed by atoms with Crippen molar-refractivity contribution in [3.05, 3.63) is 0 Å². The van der Waals surface area contributed by atoms with Gasteiger partial charge in [0, 0.05) is 24.3 Å². The van der Waals surface area contributed by atoms with Crippen LogP contribution in [0.4, 0.5) is 0 Å². The van der Waals surface area contributed by atoms with Crippen LogP contribution in [0.3, 0.4) is 0 Å². The molecule has 0 saturated heterocycles. The smallest absolute Gasteiger partial charge is 0.240 e. The van der Waals surface area contributed by atoms with Gasteiger partial charge in [-0.3, -0.25) is 9.59 Å². The first-order valence-corrected chi connectivity index (χ1v) is 7.25. The number of hydrogen-bond donors (Lipinski definition) is 2. The predicted octanol–water partition coefficient (Wildman–Crippen LogP) is 2.35. The standard InChI is InChI=1S/C14H26N4O2/c1-5-11(6-2)15-17-13(19)9-10-14(20)18-16-12(7-3)8-4/h5-10H2,1-4H3,(H,17,19)(H,18,20). The first-order chi connectivity index (χ1) is 9.57. The monoisotopic (exact) mass is 282 g/mol. The van der Waals surface area contributed by atoms with Gasteiger partial charge in [-0.1, -0.05) is 27.7 Å². The highest BCUT2D eigenvalue weighted by atomic mass is 16.2. The van der Waals surface area contributed by atoms with Gasteiger partial charge in [0.15, 0.2) is 0 Å². The van der Waals surface area contributed by atoms with E-state index in [1.807, 2.05) is 27.7 Å². The van der Waals surface area contributed by atoms with Gasteiger partial charge in [-0.15, -0.1) is 0 Å². The fourth-order valence-corrected chi connectivity index (χ4v) is 1.44. The largest absolute Gasteiger partial charge is 0.273 e. The van der Waals surface area contributed by atoms with Gasteiger partial charge in [0.25, 0.3) is 0 Å². The molecule has 0 aliphatic rings. The van der Waals surface area contributed by atoms with Crippen molar-refractivity contribution in [3.63, 3.8) is 0 Å². The van der Waals surface area contributed by atoms with Crippen LogP contribution in [-0.4, -0.2) is 23.2 Å². The fourth-order valence-electron chi connectivity index (χ4n) is 1.44. The van der Waals surface area contributed by atoms with Crippen LogP contribution < -0.4 is 10.9 Å². The maximum atomic E-state index is 11.5. The Morgan fingerprint density at radius 2 is 1.00 bits per heavy atom. The average molecular weight is 282 g/mol. The molecule has 0 aliphatic carbocycles. The van der Waals surface area contributed by atoms with Crippen LogP contribution in [0.25, 0.3) is 0 Å². The van der Waals surface area contributed by atoms with E-state index in [-0.39, 0.29) is 24.7 Å². The maximum absolute atomic E-state index is 11.5. The minimum atomic E-state index is -0.255. The number of carbonyl (C=O) groups is 2. The Bertz CT molecular complexity index is 327. The molecular formula is C14H26N4O2. The van der Waals surface area contributed by atoms with Crippen molar-refractivity contribution in [1.29, 1.82) is 0 Å². The van der Waals surface area contributed by atoms with E-state index in [0.717, 1.165) is 37.1 Å². The van der Waals surface area contributed by atoms with Crippen molar-refractivity contribution in [2.24, 2.45) is 10.2 Å². The quantitative estimate of drug-likeness (QED) is 0.502. The number of nitrogens with zero attached hydrogens (tertiary/aromatic N) is 2. The minimum absolute atomic E-state index is 0.110. The van der Waals surface area contributed by atoms with E-state index in [9.17, 15) is 9.59 Å². The average Bonchev–Trinajstić information content (AvgIpc) is 2.47. The van der Waals surface area contributed by atoms with Gasteiger partial charge in [0.1, 0.15) is 0 Å². The molecule has 20 heavy (non-hydrogen) atoms. The zero-order valence-corrected chi connectivity index (χ0v) is 13.0. The van der Waals surface area contributed by atoms with E-state index in [0.29, 0.717) is 0 Å². The summed E-state index contributed by atoms with van der Waals surface area (Å²) in [5, 5.41) is 7.99. The summed E-state index contributed by atoms with van der Waals surface area (Å²) in [6, 6.07) is 0. The lowest BCUT2D eigenvalue weighted by atomic mass is 10.2. The number of hydrazone groups is 2. The molecule has 6 heteroatoms. The van der Waals surface area contributed by atoms with Gasteiger partial charge in [-0.05, 0) is 25.7 Å². The van der Waals surface area contributed by atoms with E-state index in [1.165, 1.54) is 0 Å².